The highest BCUT2D eigenvalue weighted by molar-refractivity contribution is 7.91. The second-order valence-electron chi connectivity index (χ2n) is 4.41. The molecule has 1 amide bonds. The Kier molecular flexibility index (Phi) is 4.04. The maximum atomic E-state index is 12.6. The zero-order chi connectivity index (χ0) is 13.9. The number of nitrogens with one attached hydrogen (secondary N) is 1. The summed E-state index contributed by atoms with van der Waals surface area (Å²) < 4.78 is 40.2. The molecular weight excluding hydrogens is 273 g/mol. The van der Waals surface area contributed by atoms with E-state index in [-0.39, 0.29) is 35.9 Å². The predicted octanol–water partition coefficient (Wildman–Crippen LogP) is 0.508. The van der Waals surface area contributed by atoms with Crippen molar-refractivity contribution in [1.82, 2.24) is 5.32 Å². The van der Waals surface area contributed by atoms with Gasteiger partial charge in [0.2, 0.25) is 0 Å². The molecule has 1 aliphatic heterocycles. The van der Waals surface area contributed by atoms with Crippen molar-refractivity contribution >= 4 is 15.7 Å². The van der Waals surface area contributed by atoms with Crippen LogP contribution in [0.4, 0.5) is 4.39 Å². The molecule has 0 radical (unpaired) electrons. The lowest BCUT2D eigenvalue weighted by Crippen LogP contribution is -2.38. The summed E-state index contributed by atoms with van der Waals surface area (Å²) in [5.74, 6) is -0.290. The minimum absolute atomic E-state index is 0.0186. The second-order valence-corrected chi connectivity index (χ2v) is 6.64. The molecule has 1 aromatic carbocycles. The lowest BCUT2D eigenvalue weighted by molar-refractivity contribution is -0.123. The zero-order valence-corrected chi connectivity index (χ0v) is 11.0. The first-order chi connectivity index (χ1) is 8.94. The normalized spacial score (nSPS) is 21.0. The molecule has 1 atom stereocenters. The van der Waals surface area contributed by atoms with E-state index < -0.39 is 9.84 Å². The molecule has 7 heteroatoms. The molecule has 1 N–H and O–H groups in total. The Hall–Kier alpha value is -1.63. The molecule has 1 heterocycles. The number of carbonyl (C=O) groups excluding carboxylic acids is 1. The summed E-state index contributed by atoms with van der Waals surface area (Å²) >= 11 is 0. The molecule has 0 aliphatic carbocycles. The first-order valence-electron chi connectivity index (χ1n) is 5.83. The molecule has 0 aromatic heterocycles. The van der Waals surface area contributed by atoms with E-state index in [0.717, 1.165) is 0 Å². The van der Waals surface area contributed by atoms with Gasteiger partial charge in [-0.1, -0.05) is 0 Å². The molecular formula is C12H14FNO4S. The van der Waals surface area contributed by atoms with Crippen molar-refractivity contribution < 1.29 is 22.3 Å². The van der Waals surface area contributed by atoms with Gasteiger partial charge in [0.25, 0.3) is 5.91 Å². The molecule has 1 fully saturated rings. The first-order valence-corrected chi connectivity index (χ1v) is 7.65. The second kappa shape index (κ2) is 5.56. The predicted molar refractivity (Wildman–Crippen MR) is 67.1 cm³/mol. The zero-order valence-electron chi connectivity index (χ0n) is 10.1. The Morgan fingerprint density at radius 3 is 2.63 bits per heavy atom. The Balaban J connectivity index is 1.77. The van der Waals surface area contributed by atoms with Crippen LogP contribution in [0, 0.1) is 5.82 Å². The van der Waals surface area contributed by atoms with E-state index in [0.29, 0.717) is 12.2 Å². The number of ether oxygens (including phenoxy) is 1. The number of halogens is 1. The van der Waals surface area contributed by atoms with Crippen LogP contribution in [-0.4, -0.2) is 38.5 Å². The number of rotatable bonds is 4. The summed E-state index contributed by atoms with van der Waals surface area (Å²) in [6.07, 6.45) is 0.435. The van der Waals surface area contributed by atoms with E-state index in [9.17, 15) is 17.6 Å². The van der Waals surface area contributed by atoms with Crippen molar-refractivity contribution in [3.05, 3.63) is 30.1 Å². The summed E-state index contributed by atoms with van der Waals surface area (Å²) in [5, 5.41) is 2.60. The number of sulfone groups is 1. The number of hydrogen-bond acceptors (Lipinski definition) is 4. The van der Waals surface area contributed by atoms with Crippen molar-refractivity contribution in [1.29, 1.82) is 0 Å². The lowest BCUT2D eigenvalue weighted by atomic mass is 10.2. The third-order valence-electron chi connectivity index (χ3n) is 2.78. The van der Waals surface area contributed by atoms with E-state index >= 15 is 0 Å². The van der Waals surface area contributed by atoms with Crippen LogP contribution in [-0.2, 0) is 14.6 Å². The number of carbonyl (C=O) groups is 1. The SMILES string of the molecule is O=C(COc1ccc(F)cc1)NC1CCS(=O)(=O)C1. The number of amides is 1. The smallest absolute Gasteiger partial charge is 0.258 e. The van der Waals surface area contributed by atoms with Crippen molar-refractivity contribution in [3.63, 3.8) is 0 Å². The third-order valence-corrected chi connectivity index (χ3v) is 4.55. The van der Waals surface area contributed by atoms with Gasteiger partial charge in [-0.05, 0) is 30.7 Å². The largest absolute Gasteiger partial charge is 0.484 e. The Morgan fingerprint density at radius 2 is 2.05 bits per heavy atom. The molecule has 2 rings (SSSR count). The van der Waals surface area contributed by atoms with Crippen molar-refractivity contribution in [3.8, 4) is 5.75 Å². The minimum Gasteiger partial charge on any atom is -0.484 e. The van der Waals surface area contributed by atoms with E-state index in [1.54, 1.807) is 0 Å². The van der Waals surface area contributed by atoms with Gasteiger partial charge in [-0.3, -0.25) is 4.79 Å². The molecule has 104 valence electrons. The molecule has 1 aliphatic rings. The number of hydrogen-bond donors (Lipinski definition) is 1. The van der Waals surface area contributed by atoms with Crippen LogP contribution in [0.2, 0.25) is 0 Å². The first kappa shape index (κ1) is 13.8. The molecule has 0 bridgehead atoms. The molecule has 1 unspecified atom stereocenters. The summed E-state index contributed by atoms with van der Waals surface area (Å²) in [5.41, 5.74) is 0. The molecule has 0 saturated carbocycles. The van der Waals surface area contributed by atoms with Gasteiger partial charge in [-0.2, -0.15) is 0 Å². The van der Waals surface area contributed by atoms with Crippen LogP contribution in [0.3, 0.4) is 0 Å². The average Bonchev–Trinajstić information content (AvgIpc) is 2.68. The van der Waals surface area contributed by atoms with E-state index in [1.165, 1.54) is 24.3 Å². The van der Waals surface area contributed by atoms with Gasteiger partial charge in [0.1, 0.15) is 11.6 Å². The van der Waals surface area contributed by atoms with Gasteiger partial charge in [-0.25, -0.2) is 12.8 Å². The standard InChI is InChI=1S/C12H14FNO4S/c13-9-1-3-11(4-2-9)18-7-12(15)14-10-5-6-19(16,17)8-10/h1-4,10H,5-8H2,(H,14,15). The lowest BCUT2D eigenvalue weighted by Gasteiger charge is -2.11. The van der Waals surface area contributed by atoms with Gasteiger partial charge in [0.15, 0.2) is 16.4 Å². The topological polar surface area (TPSA) is 72.5 Å². The van der Waals surface area contributed by atoms with E-state index in [1.807, 2.05) is 0 Å². The highest BCUT2D eigenvalue weighted by Gasteiger charge is 2.28. The highest BCUT2D eigenvalue weighted by atomic mass is 32.2. The highest BCUT2D eigenvalue weighted by Crippen LogP contribution is 2.12. The summed E-state index contributed by atoms with van der Waals surface area (Å²) in [4.78, 5) is 11.5. The molecule has 5 nitrogen and oxygen atoms in total. The summed E-state index contributed by atoms with van der Waals surface area (Å²) in [6.45, 7) is -0.220. The Bertz CT molecular complexity index is 556. The molecule has 1 aromatic rings. The van der Waals surface area contributed by atoms with Crippen LogP contribution in [0.25, 0.3) is 0 Å². The van der Waals surface area contributed by atoms with E-state index in [4.69, 9.17) is 4.74 Å². The maximum absolute atomic E-state index is 12.6. The van der Waals surface area contributed by atoms with Crippen molar-refractivity contribution in [2.24, 2.45) is 0 Å². The van der Waals surface area contributed by atoms with Gasteiger partial charge in [0.05, 0.1) is 11.5 Å². The van der Waals surface area contributed by atoms with Crippen LogP contribution in [0.1, 0.15) is 6.42 Å². The van der Waals surface area contributed by atoms with Gasteiger partial charge >= 0.3 is 0 Å². The van der Waals surface area contributed by atoms with Crippen LogP contribution >= 0.6 is 0 Å². The van der Waals surface area contributed by atoms with Gasteiger partial charge in [0, 0.05) is 6.04 Å². The minimum atomic E-state index is -3.01. The molecule has 0 spiro atoms. The quantitative estimate of drug-likeness (QED) is 0.875. The molecule has 19 heavy (non-hydrogen) atoms. The van der Waals surface area contributed by atoms with Crippen LogP contribution < -0.4 is 10.1 Å². The Morgan fingerprint density at radius 1 is 1.37 bits per heavy atom. The van der Waals surface area contributed by atoms with Crippen molar-refractivity contribution in [2.75, 3.05) is 18.1 Å². The van der Waals surface area contributed by atoms with Gasteiger partial charge in [-0.15, -0.1) is 0 Å². The van der Waals surface area contributed by atoms with E-state index in [2.05, 4.69) is 5.32 Å². The van der Waals surface area contributed by atoms with Crippen LogP contribution in [0.5, 0.6) is 5.75 Å². The fraction of sp³-hybridized carbons (Fsp3) is 0.417. The average molecular weight is 287 g/mol. The maximum Gasteiger partial charge on any atom is 0.258 e. The fourth-order valence-corrected chi connectivity index (χ4v) is 3.53. The van der Waals surface area contributed by atoms with Gasteiger partial charge < -0.3 is 10.1 Å². The third kappa shape index (κ3) is 4.20. The Labute approximate surface area is 110 Å². The summed E-state index contributed by atoms with van der Waals surface area (Å²) in [7, 11) is -3.01. The summed E-state index contributed by atoms with van der Waals surface area (Å²) in [6, 6.07) is 4.97. The van der Waals surface area contributed by atoms with Crippen molar-refractivity contribution in [2.45, 2.75) is 12.5 Å². The molecule has 1 saturated heterocycles. The fourth-order valence-electron chi connectivity index (χ4n) is 1.86. The monoisotopic (exact) mass is 287 g/mol. The number of benzene rings is 1. The van der Waals surface area contributed by atoms with Crippen LogP contribution in [0.15, 0.2) is 24.3 Å².